The Hall–Kier alpha value is -1.33. The summed E-state index contributed by atoms with van der Waals surface area (Å²) in [7, 11) is 0. The van der Waals surface area contributed by atoms with Gasteiger partial charge in [-0.05, 0) is 31.0 Å². The summed E-state index contributed by atoms with van der Waals surface area (Å²) in [5, 5.41) is 3.21. The van der Waals surface area contributed by atoms with Gasteiger partial charge in [-0.2, -0.15) is 0 Å². The molecule has 0 radical (unpaired) electrons. The number of hydrogen-bond acceptors (Lipinski definition) is 1. The van der Waals surface area contributed by atoms with Crippen molar-refractivity contribution >= 4 is 0 Å². The van der Waals surface area contributed by atoms with Crippen LogP contribution in [0.1, 0.15) is 24.5 Å². The minimum Gasteiger partial charge on any atom is -0.312 e. The molecule has 0 aromatic heterocycles. The maximum atomic E-state index is 13.2. The fraction of sp³-hybridized carbons (Fsp3) is 0.385. The second kappa shape index (κ2) is 6.21. The number of aryl methyl sites for hydroxylation is 1. The Kier molecular flexibility index (Phi) is 4.86. The van der Waals surface area contributed by atoms with Crippen molar-refractivity contribution in [3.05, 3.63) is 35.1 Å². The molecule has 0 heterocycles. The van der Waals surface area contributed by atoms with Crippen molar-refractivity contribution in [1.29, 1.82) is 0 Å². The zero-order valence-corrected chi connectivity index (χ0v) is 9.23. The first kappa shape index (κ1) is 11.7. The first-order valence-electron chi connectivity index (χ1n) is 5.09. The molecule has 1 aromatic carbocycles. The molecule has 0 unspecified atom stereocenters. The molecule has 0 fully saturated rings. The molecule has 0 saturated heterocycles. The largest absolute Gasteiger partial charge is 0.312 e. The van der Waals surface area contributed by atoms with E-state index in [9.17, 15) is 4.39 Å². The van der Waals surface area contributed by atoms with Crippen LogP contribution in [0.2, 0.25) is 0 Å². The lowest BCUT2D eigenvalue weighted by Gasteiger charge is -2.04. The first-order valence-corrected chi connectivity index (χ1v) is 5.09. The molecule has 1 nitrogen and oxygen atoms in total. The zero-order valence-electron chi connectivity index (χ0n) is 9.23. The van der Waals surface area contributed by atoms with Crippen LogP contribution in [0.3, 0.4) is 0 Å². The highest BCUT2D eigenvalue weighted by Gasteiger charge is 1.98. The first-order chi connectivity index (χ1) is 7.24. The van der Waals surface area contributed by atoms with Crippen molar-refractivity contribution in [1.82, 2.24) is 5.32 Å². The lowest BCUT2D eigenvalue weighted by Crippen LogP contribution is -2.14. The summed E-state index contributed by atoms with van der Waals surface area (Å²) in [4.78, 5) is 0. The van der Waals surface area contributed by atoms with Crippen LogP contribution in [0.5, 0.6) is 0 Å². The molecule has 1 N–H and O–H groups in total. The highest BCUT2D eigenvalue weighted by Crippen LogP contribution is 2.08. The topological polar surface area (TPSA) is 12.0 Å². The quantitative estimate of drug-likeness (QED) is 0.588. The molecule has 0 spiro atoms. The molecular weight excluding hydrogens is 189 g/mol. The molecule has 0 bridgehead atoms. The van der Waals surface area contributed by atoms with Gasteiger partial charge in [0, 0.05) is 19.5 Å². The zero-order chi connectivity index (χ0) is 11.1. The molecule has 0 aliphatic heterocycles. The minimum absolute atomic E-state index is 0.136. The summed E-state index contributed by atoms with van der Waals surface area (Å²) in [6.45, 7) is 5.14. The van der Waals surface area contributed by atoms with Gasteiger partial charge >= 0.3 is 0 Å². The van der Waals surface area contributed by atoms with E-state index in [1.165, 1.54) is 0 Å². The Labute approximate surface area is 90.7 Å². The average molecular weight is 205 g/mol. The molecule has 80 valence electrons. The third kappa shape index (κ3) is 4.14. The minimum atomic E-state index is -0.136. The van der Waals surface area contributed by atoms with Gasteiger partial charge in [0.1, 0.15) is 5.82 Å². The van der Waals surface area contributed by atoms with Crippen molar-refractivity contribution in [3.63, 3.8) is 0 Å². The molecular formula is C13H16FN. The second-order valence-electron chi connectivity index (χ2n) is 3.44. The monoisotopic (exact) mass is 205 g/mol. The standard InChI is InChI=1S/C13H16FN/c1-3-4-5-8-15-10-12-7-6-11(2)13(14)9-12/h6-7,9,15H,5,8,10H2,1-2H3. The van der Waals surface area contributed by atoms with E-state index in [0.717, 1.165) is 18.5 Å². The molecule has 0 saturated carbocycles. The smallest absolute Gasteiger partial charge is 0.126 e. The molecule has 15 heavy (non-hydrogen) atoms. The van der Waals surface area contributed by atoms with Crippen molar-refractivity contribution in [2.45, 2.75) is 26.8 Å². The number of nitrogens with one attached hydrogen (secondary N) is 1. The van der Waals surface area contributed by atoms with Gasteiger partial charge in [0.25, 0.3) is 0 Å². The van der Waals surface area contributed by atoms with Crippen LogP contribution < -0.4 is 5.32 Å². The van der Waals surface area contributed by atoms with E-state index >= 15 is 0 Å². The fourth-order valence-corrected chi connectivity index (χ4v) is 1.25. The Morgan fingerprint density at radius 2 is 2.20 bits per heavy atom. The van der Waals surface area contributed by atoms with Crippen LogP contribution in [-0.4, -0.2) is 6.54 Å². The molecule has 0 atom stereocenters. The summed E-state index contributed by atoms with van der Waals surface area (Å²) in [6, 6.07) is 5.32. The van der Waals surface area contributed by atoms with Crippen LogP contribution >= 0.6 is 0 Å². The SMILES string of the molecule is CC#CCCNCc1ccc(C)c(F)c1. The van der Waals surface area contributed by atoms with Gasteiger partial charge in [0.05, 0.1) is 0 Å². The number of halogens is 1. The maximum Gasteiger partial charge on any atom is 0.126 e. The molecule has 0 aliphatic carbocycles. The fourth-order valence-electron chi connectivity index (χ4n) is 1.25. The summed E-state index contributed by atoms with van der Waals surface area (Å²) in [5.41, 5.74) is 1.66. The molecule has 1 aromatic rings. The predicted octanol–water partition coefficient (Wildman–Crippen LogP) is 2.64. The van der Waals surface area contributed by atoms with Crippen molar-refractivity contribution < 1.29 is 4.39 Å². The van der Waals surface area contributed by atoms with E-state index < -0.39 is 0 Å². The van der Waals surface area contributed by atoms with Gasteiger partial charge in [0.2, 0.25) is 0 Å². The summed E-state index contributed by atoms with van der Waals surface area (Å²) >= 11 is 0. The van der Waals surface area contributed by atoms with E-state index in [-0.39, 0.29) is 5.82 Å². The van der Waals surface area contributed by atoms with Gasteiger partial charge in [-0.15, -0.1) is 11.8 Å². The van der Waals surface area contributed by atoms with E-state index in [1.807, 2.05) is 13.0 Å². The van der Waals surface area contributed by atoms with Gasteiger partial charge in [-0.1, -0.05) is 12.1 Å². The number of benzene rings is 1. The van der Waals surface area contributed by atoms with Crippen LogP contribution in [0, 0.1) is 24.6 Å². The molecule has 1 rings (SSSR count). The van der Waals surface area contributed by atoms with Gasteiger partial charge in [-0.25, -0.2) is 4.39 Å². The normalized spacial score (nSPS) is 9.53. The maximum absolute atomic E-state index is 13.2. The lowest BCUT2D eigenvalue weighted by molar-refractivity contribution is 0.612. The highest BCUT2D eigenvalue weighted by atomic mass is 19.1. The van der Waals surface area contributed by atoms with Crippen molar-refractivity contribution in [2.24, 2.45) is 0 Å². The van der Waals surface area contributed by atoms with E-state index in [2.05, 4.69) is 17.2 Å². The Bertz CT molecular complexity index is 374. The molecule has 0 aliphatic rings. The van der Waals surface area contributed by atoms with E-state index in [0.29, 0.717) is 12.1 Å². The summed E-state index contributed by atoms with van der Waals surface area (Å²) < 4.78 is 13.2. The molecule has 0 amide bonds. The third-order valence-electron chi connectivity index (χ3n) is 2.17. The van der Waals surface area contributed by atoms with Gasteiger partial charge in [-0.3, -0.25) is 0 Å². The van der Waals surface area contributed by atoms with Crippen LogP contribution in [0.25, 0.3) is 0 Å². The van der Waals surface area contributed by atoms with E-state index in [1.54, 1.807) is 19.1 Å². The summed E-state index contributed by atoms with van der Waals surface area (Å²) in [6.07, 6.45) is 0.838. The van der Waals surface area contributed by atoms with Crippen molar-refractivity contribution in [2.75, 3.05) is 6.54 Å². The average Bonchev–Trinajstić information content (AvgIpc) is 2.23. The molecule has 2 heteroatoms. The van der Waals surface area contributed by atoms with Gasteiger partial charge in [0.15, 0.2) is 0 Å². The van der Waals surface area contributed by atoms with Crippen LogP contribution in [0.15, 0.2) is 18.2 Å². The highest BCUT2D eigenvalue weighted by molar-refractivity contribution is 5.23. The lowest BCUT2D eigenvalue weighted by atomic mass is 10.1. The predicted molar refractivity (Wildman–Crippen MR) is 60.9 cm³/mol. The number of hydrogen-bond donors (Lipinski definition) is 1. The van der Waals surface area contributed by atoms with Crippen LogP contribution in [-0.2, 0) is 6.54 Å². The number of rotatable bonds is 4. The summed E-state index contributed by atoms with van der Waals surface area (Å²) in [5.74, 6) is 5.66. The van der Waals surface area contributed by atoms with Gasteiger partial charge < -0.3 is 5.32 Å². The van der Waals surface area contributed by atoms with Crippen LogP contribution in [0.4, 0.5) is 4.39 Å². The van der Waals surface area contributed by atoms with Crippen molar-refractivity contribution in [3.8, 4) is 11.8 Å². The Morgan fingerprint density at radius 1 is 1.40 bits per heavy atom. The third-order valence-corrected chi connectivity index (χ3v) is 2.17. The Morgan fingerprint density at radius 3 is 2.87 bits per heavy atom. The second-order valence-corrected chi connectivity index (χ2v) is 3.44. The van der Waals surface area contributed by atoms with E-state index in [4.69, 9.17) is 0 Å². The Balaban J connectivity index is 2.36.